The summed E-state index contributed by atoms with van der Waals surface area (Å²) in [7, 11) is 0. The highest BCUT2D eigenvalue weighted by atomic mass is 16.3. The van der Waals surface area contributed by atoms with Gasteiger partial charge in [-0.25, -0.2) is 0 Å². The molecule has 2 aliphatic rings. The highest BCUT2D eigenvalue weighted by Gasteiger charge is 2.27. The van der Waals surface area contributed by atoms with Crippen molar-refractivity contribution in [1.29, 1.82) is 0 Å². The van der Waals surface area contributed by atoms with E-state index in [-0.39, 0.29) is 6.17 Å². The Hall–Kier alpha value is -6.19. The van der Waals surface area contributed by atoms with Gasteiger partial charge < -0.3 is 9.73 Å². The van der Waals surface area contributed by atoms with Crippen LogP contribution in [0.4, 0.5) is 0 Å². The first-order valence-electron chi connectivity index (χ1n) is 16.1. The van der Waals surface area contributed by atoms with Crippen LogP contribution < -0.4 is 5.32 Å². The molecule has 7 aromatic carbocycles. The van der Waals surface area contributed by atoms with E-state index in [2.05, 4.69) is 163 Å². The van der Waals surface area contributed by atoms with Crippen LogP contribution in [-0.2, 0) is 0 Å². The lowest BCUT2D eigenvalue weighted by Gasteiger charge is -2.25. The first-order chi connectivity index (χ1) is 23.3. The third-order valence-electron chi connectivity index (χ3n) is 9.65. The van der Waals surface area contributed by atoms with Crippen molar-refractivity contribution in [1.82, 2.24) is 5.32 Å². The summed E-state index contributed by atoms with van der Waals surface area (Å²) >= 11 is 0. The summed E-state index contributed by atoms with van der Waals surface area (Å²) in [6.07, 6.45) is 1.86. The Balaban J connectivity index is 1.19. The van der Waals surface area contributed by atoms with Gasteiger partial charge in [0.05, 0.1) is 5.71 Å². The average Bonchev–Trinajstić information content (AvgIpc) is 3.69. The van der Waals surface area contributed by atoms with Gasteiger partial charge in [-0.05, 0) is 63.2 Å². The fourth-order valence-corrected chi connectivity index (χ4v) is 7.52. The molecule has 0 saturated carbocycles. The van der Waals surface area contributed by atoms with Crippen LogP contribution in [0.15, 0.2) is 167 Å². The molecule has 3 nitrogen and oxygen atoms in total. The van der Waals surface area contributed by atoms with Crippen LogP contribution in [0.3, 0.4) is 0 Å². The van der Waals surface area contributed by atoms with Gasteiger partial charge in [0, 0.05) is 38.4 Å². The molecular formula is C44H28N2O. The monoisotopic (exact) mass is 600 g/mol. The largest absolute Gasteiger partial charge is 0.455 e. The second-order valence-corrected chi connectivity index (χ2v) is 12.3. The van der Waals surface area contributed by atoms with Crippen LogP contribution in [0.25, 0.3) is 71.8 Å². The Bertz CT molecular complexity index is 2590. The number of benzene rings is 7. The van der Waals surface area contributed by atoms with Gasteiger partial charge in [0.1, 0.15) is 17.3 Å². The summed E-state index contributed by atoms with van der Waals surface area (Å²) in [4.78, 5) is 5.41. The molecule has 3 heteroatoms. The SMILES string of the molecule is C1=C(c2ccccc2)NC(c2cccc3oc4c5cccc6c5c(cc4c23)-c2ccccc2-6)N=C1c1cccc(-c2ccccc2)c1. The second-order valence-electron chi connectivity index (χ2n) is 12.3. The Morgan fingerprint density at radius 3 is 1.98 bits per heavy atom. The maximum absolute atomic E-state index is 6.73. The van der Waals surface area contributed by atoms with Gasteiger partial charge in [-0.3, -0.25) is 4.99 Å². The van der Waals surface area contributed by atoms with Crippen LogP contribution in [0.2, 0.25) is 0 Å². The number of allylic oxidation sites excluding steroid dienone is 1. The molecule has 47 heavy (non-hydrogen) atoms. The van der Waals surface area contributed by atoms with Crippen LogP contribution in [-0.4, -0.2) is 5.71 Å². The number of nitrogens with one attached hydrogen (secondary N) is 1. The minimum Gasteiger partial charge on any atom is -0.455 e. The fraction of sp³-hybridized carbons (Fsp3) is 0.0227. The molecule has 1 atom stereocenters. The van der Waals surface area contributed by atoms with Crippen LogP contribution in [0.1, 0.15) is 22.9 Å². The second kappa shape index (κ2) is 10.2. The van der Waals surface area contributed by atoms with Gasteiger partial charge in [-0.15, -0.1) is 0 Å². The normalized spacial score (nSPS) is 15.0. The van der Waals surface area contributed by atoms with E-state index in [0.717, 1.165) is 55.4 Å². The molecule has 1 aliphatic heterocycles. The maximum atomic E-state index is 6.73. The first kappa shape index (κ1) is 26.1. The molecule has 1 N–H and O–H groups in total. The Kier molecular flexibility index (Phi) is 5.64. The summed E-state index contributed by atoms with van der Waals surface area (Å²) in [5.41, 5.74) is 14.5. The molecule has 0 spiro atoms. The Labute approximate surface area is 272 Å². The lowest BCUT2D eigenvalue weighted by atomic mass is 9.96. The zero-order valence-corrected chi connectivity index (χ0v) is 25.4. The lowest BCUT2D eigenvalue weighted by Crippen LogP contribution is -2.25. The van der Waals surface area contributed by atoms with Gasteiger partial charge in [-0.2, -0.15) is 0 Å². The summed E-state index contributed by atoms with van der Waals surface area (Å²) in [5, 5.41) is 8.44. The molecule has 0 saturated heterocycles. The summed E-state index contributed by atoms with van der Waals surface area (Å²) in [6.45, 7) is 0. The molecule has 0 bridgehead atoms. The standard InChI is InChI=1S/C44H28N2O/c1-3-12-27(13-4-1)29-16-9-17-30(24-29)39-26-38(28-14-5-2-6-15-28)45-44(46-39)35-22-11-23-40-42(35)37-25-36-32-19-8-7-18-31(32)33-20-10-21-34(41(33)36)43(37)47-40/h1-26,44-45H. The minimum absolute atomic E-state index is 0.321. The number of nitrogens with zero attached hydrogens (tertiary/aromatic N) is 1. The highest BCUT2D eigenvalue weighted by Crippen LogP contribution is 2.51. The van der Waals surface area contributed by atoms with Gasteiger partial charge in [0.15, 0.2) is 0 Å². The predicted octanol–water partition coefficient (Wildman–Crippen LogP) is 11.2. The van der Waals surface area contributed by atoms with E-state index in [9.17, 15) is 0 Å². The van der Waals surface area contributed by atoms with Gasteiger partial charge in [0.25, 0.3) is 0 Å². The maximum Gasteiger partial charge on any atom is 0.146 e. The van der Waals surface area contributed by atoms with Crippen LogP contribution in [0, 0.1) is 0 Å². The summed E-state index contributed by atoms with van der Waals surface area (Å²) in [6, 6.07) is 53.7. The van der Waals surface area contributed by atoms with Crippen molar-refractivity contribution in [3.8, 4) is 33.4 Å². The molecule has 220 valence electrons. The third kappa shape index (κ3) is 4.03. The summed E-state index contributed by atoms with van der Waals surface area (Å²) < 4.78 is 6.73. The number of rotatable bonds is 4. The molecule has 0 amide bonds. The van der Waals surface area contributed by atoms with Crippen molar-refractivity contribution in [2.75, 3.05) is 0 Å². The van der Waals surface area contributed by atoms with E-state index in [1.54, 1.807) is 0 Å². The van der Waals surface area contributed by atoms with Crippen molar-refractivity contribution in [3.63, 3.8) is 0 Å². The molecule has 2 heterocycles. The molecule has 0 fully saturated rings. The van der Waals surface area contributed by atoms with Crippen LogP contribution in [0.5, 0.6) is 0 Å². The molecule has 8 aromatic rings. The van der Waals surface area contributed by atoms with Crippen LogP contribution >= 0.6 is 0 Å². The van der Waals surface area contributed by atoms with Crippen molar-refractivity contribution in [2.24, 2.45) is 4.99 Å². The topological polar surface area (TPSA) is 37.5 Å². The summed E-state index contributed by atoms with van der Waals surface area (Å²) in [5.74, 6) is 0. The molecule has 1 aromatic heterocycles. The van der Waals surface area contributed by atoms with E-state index < -0.39 is 0 Å². The van der Waals surface area contributed by atoms with E-state index in [4.69, 9.17) is 9.41 Å². The zero-order chi connectivity index (χ0) is 30.9. The molecule has 1 aliphatic carbocycles. The Morgan fingerprint density at radius 2 is 1.15 bits per heavy atom. The van der Waals surface area contributed by atoms with Crippen molar-refractivity contribution in [2.45, 2.75) is 6.17 Å². The van der Waals surface area contributed by atoms with E-state index >= 15 is 0 Å². The predicted molar refractivity (Wildman–Crippen MR) is 194 cm³/mol. The number of aliphatic imine (C=N–C) groups is 1. The molecular weight excluding hydrogens is 572 g/mol. The lowest BCUT2D eigenvalue weighted by molar-refractivity contribution is 0.660. The van der Waals surface area contributed by atoms with Gasteiger partial charge in [-0.1, -0.05) is 133 Å². The number of furan rings is 1. The van der Waals surface area contributed by atoms with Crippen molar-refractivity contribution < 1.29 is 4.42 Å². The van der Waals surface area contributed by atoms with Gasteiger partial charge in [0.2, 0.25) is 0 Å². The quantitative estimate of drug-likeness (QED) is 0.218. The first-order valence-corrected chi connectivity index (χ1v) is 16.1. The number of hydrogen-bond donors (Lipinski definition) is 1. The highest BCUT2D eigenvalue weighted by molar-refractivity contribution is 6.26. The van der Waals surface area contributed by atoms with Gasteiger partial charge >= 0.3 is 0 Å². The van der Waals surface area contributed by atoms with E-state index in [1.807, 2.05) is 0 Å². The smallest absolute Gasteiger partial charge is 0.146 e. The number of fused-ring (bicyclic) bond motifs is 7. The van der Waals surface area contributed by atoms with E-state index in [1.165, 1.54) is 38.8 Å². The van der Waals surface area contributed by atoms with E-state index in [0.29, 0.717) is 0 Å². The minimum atomic E-state index is -0.321. The molecule has 0 radical (unpaired) electrons. The Morgan fingerprint density at radius 1 is 0.489 bits per heavy atom. The molecule has 10 rings (SSSR count). The number of hydrogen-bond acceptors (Lipinski definition) is 3. The van der Waals surface area contributed by atoms with Crippen molar-refractivity contribution >= 4 is 44.1 Å². The fourth-order valence-electron chi connectivity index (χ4n) is 7.52. The zero-order valence-electron chi connectivity index (χ0n) is 25.4. The molecule has 1 unspecified atom stereocenters. The average molecular weight is 601 g/mol. The van der Waals surface area contributed by atoms with Crippen molar-refractivity contribution in [3.05, 3.63) is 174 Å². The third-order valence-corrected chi connectivity index (χ3v) is 9.65.